The van der Waals surface area contributed by atoms with Gasteiger partial charge in [0.1, 0.15) is 4.49 Å². The van der Waals surface area contributed by atoms with E-state index in [1.54, 1.807) is 0 Å². The van der Waals surface area contributed by atoms with E-state index < -0.39 is 0 Å². The van der Waals surface area contributed by atoms with Gasteiger partial charge in [-0.25, -0.2) is 0 Å². The molecule has 0 saturated heterocycles. The maximum Gasteiger partial charge on any atom is 0.121 e. The Morgan fingerprint density at radius 3 is 2.20 bits per heavy atom. The van der Waals surface area contributed by atoms with Crippen molar-refractivity contribution in [1.29, 1.82) is 0 Å². The maximum absolute atomic E-state index is 5.95. The molecule has 1 aromatic rings. The van der Waals surface area contributed by atoms with Gasteiger partial charge >= 0.3 is 0 Å². The van der Waals surface area contributed by atoms with Crippen LogP contribution in [0.2, 0.25) is 0 Å². The summed E-state index contributed by atoms with van der Waals surface area (Å²) in [7, 11) is 0. The predicted molar refractivity (Wildman–Crippen MR) is 67.3 cm³/mol. The molecule has 0 spiro atoms. The van der Waals surface area contributed by atoms with Crippen LogP contribution in [0.3, 0.4) is 0 Å². The number of hydrogen-bond donors (Lipinski definition) is 1. The Morgan fingerprint density at radius 1 is 1.20 bits per heavy atom. The number of rotatable bonds is 3. The second kappa shape index (κ2) is 5.76. The summed E-state index contributed by atoms with van der Waals surface area (Å²) >= 11 is 16.9. The van der Waals surface area contributed by atoms with Gasteiger partial charge in [0, 0.05) is 12.5 Å². The molecule has 1 aromatic carbocycles. The van der Waals surface area contributed by atoms with Gasteiger partial charge in [-0.1, -0.05) is 64.6 Å². The molecule has 15 heavy (non-hydrogen) atoms. The van der Waals surface area contributed by atoms with E-state index in [0.717, 1.165) is 5.56 Å². The number of aryl methyl sites for hydroxylation is 1. The summed E-state index contributed by atoms with van der Waals surface area (Å²) in [5.41, 5.74) is 8.17. The third-order valence-electron chi connectivity index (χ3n) is 2.11. The molecule has 2 N–H and O–H groups in total. The highest BCUT2D eigenvalue weighted by Crippen LogP contribution is 2.27. The van der Waals surface area contributed by atoms with Crippen molar-refractivity contribution in [1.82, 2.24) is 0 Å². The molecule has 1 atom stereocenters. The molecule has 0 amide bonds. The van der Waals surface area contributed by atoms with Gasteiger partial charge in [-0.2, -0.15) is 0 Å². The minimum absolute atomic E-state index is 0.0826. The van der Waals surface area contributed by atoms with Gasteiger partial charge in [0.25, 0.3) is 0 Å². The van der Waals surface area contributed by atoms with Crippen molar-refractivity contribution in [2.75, 3.05) is 0 Å². The molecule has 4 heteroatoms. The first kappa shape index (κ1) is 12.9. The van der Waals surface area contributed by atoms with Crippen LogP contribution in [0.5, 0.6) is 0 Å². The summed E-state index contributed by atoms with van der Waals surface area (Å²) in [4.78, 5) is 0. The normalized spacial score (nSPS) is 12.3. The minimum atomic E-state index is -0.175. The van der Waals surface area contributed by atoms with Crippen LogP contribution in [-0.4, -0.2) is 0 Å². The van der Waals surface area contributed by atoms with E-state index in [0.29, 0.717) is 11.5 Å². The lowest BCUT2D eigenvalue weighted by Crippen LogP contribution is -2.10. The lowest BCUT2D eigenvalue weighted by Gasteiger charge is -2.11. The van der Waals surface area contributed by atoms with Crippen molar-refractivity contribution in [2.24, 2.45) is 5.73 Å². The van der Waals surface area contributed by atoms with E-state index in [2.05, 4.69) is 0 Å². The molecule has 0 bridgehead atoms. The predicted octanol–water partition coefficient (Wildman–Crippen LogP) is 4.27. The van der Waals surface area contributed by atoms with Crippen LogP contribution in [0.25, 0.3) is 0 Å². The van der Waals surface area contributed by atoms with Crippen molar-refractivity contribution in [3.05, 3.63) is 44.9 Å². The van der Waals surface area contributed by atoms with Gasteiger partial charge in [0.2, 0.25) is 0 Å². The van der Waals surface area contributed by atoms with E-state index in [-0.39, 0.29) is 10.5 Å². The monoisotopic (exact) mass is 263 g/mol. The maximum atomic E-state index is 5.95. The van der Waals surface area contributed by atoms with Gasteiger partial charge in [0.05, 0.1) is 5.03 Å². The Balaban J connectivity index is 2.73. The molecular formula is C11H12Cl3N. The first-order valence-electron chi connectivity index (χ1n) is 4.52. The van der Waals surface area contributed by atoms with Crippen LogP contribution in [0, 0.1) is 6.92 Å². The molecule has 0 aliphatic carbocycles. The molecule has 0 heterocycles. The Bertz CT molecular complexity index is 353. The lowest BCUT2D eigenvalue weighted by atomic mass is 10.0. The average molecular weight is 265 g/mol. The third-order valence-corrected chi connectivity index (χ3v) is 3.10. The first-order valence-corrected chi connectivity index (χ1v) is 5.66. The average Bonchev–Trinajstić information content (AvgIpc) is 2.18. The van der Waals surface area contributed by atoms with Crippen molar-refractivity contribution in [3.63, 3.8) is 0 Å². The van der Waals surface area contributed by atoms with Crippen molar-refractivity contribution in [2.45, 2.75) is 19.4 Å². The SMILES string of the molecule is Cc1ccc(C(N)CC(Cl)=C(Cl)Cl)cc1. The van der Waals surface area contributed by atoms with Gasteiger partial charge < -0.3 is 5.73 Å². The van der Waals surface area contributed by atoms with Crippen molar-refractivity contribution in [3.8, 4) is 0 Å². The summed E-state index contributed by atoms with van der Waals surface area (Å²) < 4.78 is 0.0826. The van der Waals surface area contributed by atoms with Gasteiger partial charge in [0.15, 0.2) is 0 Å². The molecular weight excluding hydrogens is 252 g/mol. The highest BCUT2D eigenvalue weighted by Gasteiger charge is 2.09. The zero-order valence-corrected chi connectivity index (χ0v) is 10.6. The standard InChI is InChI=1S/C11H12Cl3N/c1-7-2-4-8(5-3-7)10(15)6-9(12)11(13)14/h2-5,10H,6,15H2,1H3. The molecule has 1 unspecified atom stereocenters. The quantitative estimate of drug-likeness (QED) is 0.867. The summed E-state index contributed by atoms with van der Waals surface area (Å²) in [6.45, 7) is 2.03. The summed E-state index contributed by atoms with van der Waals surface area (Å²) in [6, 6.07) is 7.80. The van der Waals surface area contributed by atoms with Crippen LogP contribution in [-0.2, 0) is 0 Å². The van der Waals surface area contributed by atoms with E-state index >= 15 is 0 Å². The Hall–Kier alpha value is -0.210. The molecule has 0 fully saturated rings. The van der Waals surface area contributed by atoms with E-state index in [9.17, 15) is 0 Å². The summed E-state index contributed by atoms with van der Waals surface area (Å²) in [5, 5.41) is 0.395. The van der Waals surface area contributed by atoms with E-state index in [1.807, 2.05) is 31.2 Å². The highest BCUT2D eigenvalue weighted by atomic mass is 35.5. The Labute approximate surface area is 105 Å². The summed E-state index contributed by atoms with van der Waals surface area (Å²) in [6.07, 6.45) is 0.451. The van der Waals surface area contributed by atoms with E-state index in [1.165, 1.54) is 5.56 Å². The van der Waals surface area contributed by atoms with Crippen LogP contribution in [0.15, 0.2) is 33.8 Å². The molecule has 0 saturated carbocycles. The largest absolute Gasteiger partial charge is 0.324 e. The molecule has 1 rings (SSSR count). The molecule has 0 radical (unpaired) electrons. The topological polar surface area (TPSA) is 26.0 Å². The van der Waals surface area contributed by atoms with Crippen LogP contribution in [0.1, 0.15) is 23.6 Å². The molecule has 82 valence electrons. The Kier molecular flexibility index (Phi) is 4.94. The number of hydrogen-bond acceptors (Lipinski definition) is 1. The second-order valence-electron chi connectivity index (χ2n) is 3.39. The number of halogens is 3. The van der Waals surface area contributed by atoms with E-state index in [4.69, 9.17) is 40.5 Å². The van der Waals surface area contributed by atoms with Crippen LogP contribution < -0.4 is 5.73 Å². The molecule has 0 aliphatic heterocycles. The third kappa shape index (κ3) is 4.04. The fraction of sp³-hybridized carbons (Fsp3) is 0.273. The first-order chi connectivity index (χ1) is 7.00. The smallest absolute Gasteiger partial charge is 0.121 e. The van der Waals surface area contributed by atoms with Gasteiger partial charge in [-0.05, 0) is 12.5 Å². The summed E-state index contributed by atoms with van der Waals surface area (Å²) in [5.74, 6) is 0. The molecule has 1 nitrogen and oxygen atoms in total. The number of benzene rings is 1. The lowest BCUT2D eigenvalue weighted by molar-refractivity contribution is 0.733. The molecule has 0 aliphatic rings. The van der Waals surface area contributed by atoms with Crippen LogP contribution in [0.4, 0.5) is 0 Å². The Morgan fingerprint density at radius 2 is 1.73 bits per heavy atom. The number of nitrogens with two attached hydrogens (primary N) is 1. The fourth-order valence-corrected chi connectivity index (χ4v) is 1.52. The zero-order valence-electron chi connectivity index (χ0n) is 8.31. The highest BCUT2D eigenvalue weighted by molar-refractivity contribution is 6.59. The zero-order chi connectivity index (χ0) is 11.4. The van der Waals surface area contributed by atoms with Crippen LogP contribution >= 0.6 is 34.8 Å². The van der Waals surface area contributed by atoms with Crippen molar-refractivity contribution < 1.29 is 0 Å². The minimum Gasteiger partial charge on any atom is -0.324 e. The van der Waals surface area contributed by atoms with Crippen molar-refractivity contribution >= 4 is 34.8 Å². The second-order valence-corrected chi connectivity index (χ2v) is 4.79. The van der Waals surface area contributed by atoms with Gasteiger partial charge in [-0.3, -0.25) is 0 Å². The van der Waals surface area contributed by atoms with Gasteiger partial charge in [-0.15, -0.1) is 0 Å². The molecule has 0 aromatic heterocycles. The fourth-order valence-electron chi connectivity index (χ4n) is 1.20.